The Morgan fingerprint density at radius 3 is 2.64 bits per heavy atom. The van der Waals surface area contributed by atoms with E-state index >= 15 is 0 Å². The molecule has 1 heterocycles. The molecule has 22 heavy (non-hydrogen) atoms. The van der Waals surface area contributed by atoms with Gasteiger partial charge >= 0.3 is 5.97 Å². The molecule has 1 aromatic rings. The van der Waals surface area contributed by atoms with Gasteiger partial charge < -0.3 is 14.4 Å². The van der Waals surface area contributed by atoms with Crippen LogP contribution in [-0.4, -0.2) is 50.6 Å². The van der Waals surface area contributed by atoms with Gasteiger partial charge in [0.2, 0.25) is 15.8 Å². The van der Waals surface area contributed by atoms with Crippen molar-refractivity contribution in [2.45, 2.75) is 43.5 Å². The summed E-state index contributed by atoms with van der Waals surface area (Å²) in [5.41, 5.74) is 0. The van der Waals surface area contributed by atoms with Crippen molar-refractivity contribution in [3.05, 3.63) is 17.6 Å². The van der Waals surface area contributed by atoms with Crippen molar-refractivity contribution in [2.24, 2.45) is 0 Å². The van der Waals surface area contributed by atoms with E-state index in [0.29, 0.717) is 12.6 Å². The molecule has 1 fully saturated rings. The lowest BCUT2D eigenvalue weighted by molar-refractivity contribution is 0.0661. The van der Waals surface area contributed by atoms with E-state index in [1.807, 2.05) is 7.05 Å². The fraction of sp³-hybridized carbons (Fsp3) is 0.643. The fourth-order valence-electron chi connectivity index (χ4n) is 2.80. The van der Waals surface area contributed by atoms with Crippen molar-refractivity contribution in [1.82, 2.24) is 9.62 Å². The van der Waals surface area contributed by atoms with Crippen molar-refractivity contribution >= 4 is 16.0 Å². The smallest absolute Gasteiger partial charge is 0.371 e. The van der Waals surface area contributed by atoms with Crippen LogP contribution in [0.1, 0.15) is 42.0 Å². The van der Waals surface area contributed by atoms with Crippen molar-refractivity contribution in [3.63, 3.8) is 0 Å². The minimum Gasteiger partial charge on any atom is -0.475 e. The molecule has 0 bridgehead atoms. The summed E-state index contributed by atoms with van der Waals surface area (Å²) >= 11 is 0. The van der Waals surface area contributed by atoms with Crippen LogP contribution < -0.4 is 4.72 Å². The Morgan fingerprint density at radius 1 is 1.45 bits per heavy atom. The number of carbonyl (C=O) groups is 1. The molecule has 0 radical (unpaired) electrons. The SMILES string of the molecule is Cc1oc(C(=O)O)cc1S(=O)(=O)NCCN(C)C1CCCC1. The molecular weight excluding hydrogens is 308 g/mol. The number of aromatic carboxylic acids is 1. The molecule has 1 aliphatic carbocycles. The van der Waals surface area contributed by atoms with E-state index < -0.39 is 16.0 Å². The first-order valence-electron chi connectivity index (χ1n) is 7.35. The van der Waals surface area contributed by atoms with Crippen molar-refractivity contribution in [3.8, 4) is 0 Å². The zero-order valence-electron chi connectivity index (χ0n) is 12.8. The molecule has 124 valence electrons. The molecule has 1 saturated carbocycles. The second kappa shape index (κ2) is 6.80. The van der Waals surface area contributed by atoms with Gasteiger partial charge in [0.05, 0.1) is 0 Å². The van der Waals surface area contributed by atoms with E-state index in [2.05, 4.69) is 9.62 Å². The van der Waals surface area contributed by atoms with E-state index in [1.54, 1.807) is 0 Å². The molecule has 0 amide bonds. The first-order valence-corrected chi connectivity index (χ1v) is 8.83. The number of hydrogen-bond acceptors (Lipinski definition) is 5. The highest BCUT2D eigenvalue weighted by Crippen LogP contribution is 2.22. The van der Waals surface area contributed by atoms with E-state index in [9.17, 15) is 13.2 Å². The summed E-state index contributed by atoms with van der Waals surface area (Å²) in [5.74, 6) is -1.58. The third kappa shape index (κ3) is 3.88. The van der Waals surface area contributed by atoms with E-state index in [1.165, 1.54) is 19.8 Å². The van der Waals surface area contributed by atoms with Crippen LogP contribution in [0.4, 0.5) is 0 Å². The monoisotopic (exact) mass is 330 g/mol. The van der Waals surface area contributed by atoms with E-state index in [-0.39, 0.29) is 23.0 Å². The topological polar surface area (TPSA) is 99.8 Å². The number of furan rings is 1. The summed E-state index contributed by atoms with van der Waals surface area (Å²) in [4.78, 5) is 12.9. The van der Waals surface area contributed by atoms with Gasteiger partial charge in [-0.25, -0.2) is 17.9 Å². The minimum absolute atomic E-state index is 0.0778. The van der Waals surface area contributed by atoms with Crippen LogP contribution in [0.3, 0.4) is 0 Å². The number of likely N-dealkylation sites (N-methyl/N-ethyl adjacent to an activating group) is 1. The average molecular weight is 330 g/mol. The molecule has 1 aromatic heterocycles. The molecule has 0 aromatic carbocycles. The van der Waals surface area contributed by atoms with Crippen LogP contribution in [0.2, 0.25) is 0 Å². The van der Waals surface area contributed by atoms with Gasteiger partial charge in [-0.05, 0) is 26.8 Å². The van der Waals surface area contributed by atoms with E-state index in [4.69, 9.17) is 9.52 Å². The Balaban J connectivity index is 1.94. The standard InChI is InChI=1S/C14H22N2O5S/c1-10-13(9-12(21-10)14(17)18)22(19,20)15-7-8-16(2)11-5-3-4-6-11/h9,11,15H,3-8H2,1-2H3,(H,17,18). The van der Waals surface area contributed by atoms with Gasteiger partial charge in [0.1, 0.15) is 10.7 Å². The largest absolute Gasteiger partial charge is 0.475 e. The van der Waals surface area contributed by atoms with Gasteiger partial charge in [-0.15, -0.1) is 0 Å². The number of rotatable bonds is 7. The molecular formula is C14H22N2O5S. The number of carboxylic acid groups (broad SMARTS) is 1. The highest BCUT2D eigenvalue weighted by molar-refractivity contribution is 7.89. The fourth-order valence-corrected chi connectivity index (χ4v) is 4.00. The quantitative estimate of drug-likeness (QED) is 0.785. The normalized spacial score (nSPS) is 16.5. The Morgan fingerprint density at radius 2 is 2.09 bits per heavy atom. The third-order valence-corrected chi connectivity index (χ3v) is 5.65. The van der Waals surface area contributed by atoms with Crippen molar-refractivity contribution < 1.29 is 22.7 Å². The summed E-state index contributed by atoms with van der Waals surface area (Å²) < 4.78 is 31.9. The number of hydrogen-bond donors (Lipinski definition) is 2. The molecule has 2 N–H and O–H groups in total. The van der Waals surface area contributed by atoms with Crippen LogP contribution in [0.5, 0.6) is 0 Å². The van der Waals surface area contributed by atoms with Gasteiger partial charge in [-0.3, -0.25) is 0 Å². The van der Waals surface area contributed by atoms with Crippen LogP contribution in [0.25, 0.3) is 0 Å². The predicted octanol–water partition coefficient (Wildman–Crippen LogP) is 1.44. The van der Waals surface area contributed by atoms with Crippen LogP contribution in [-0.2, 0) is 10.0 Å². The maximum absolute atomic E-state index is 12.2. The van der Waals surface area contributed by atoms with Gasteiger partial charge in [0, 0.05) is 25.2 Å². The third-order valence-electron chi connectivity index (χ3n) is 4.08. The predicted molar refractivity (Wildman–Crippen MR) is 80.5 cm³/mol. The lowest BCUT2D eigenvalue weighted by Crippen LogP contribution is -2.37. The Hall–Kier alpha value is -1.38. The first kappa shape index (κ1) is 17.0. The summed E-state index contributed by atoms with van der Waals surface area (Å²) in [6, 6.07) is 1.57. The second-order valence-corrected chi connectivity index (χ2v) is 7.39. The molecule has 7 nitrogen and oxygen atoms in total. The zero-order chi connectivity index (χ0) is 16.3. The molecule has 0 aliphatic heterocycles. The summed E-state index contributed by atoms with van der Waals surface area (Å²) in [6.45, 7) is 2.33. The Labute approximate surface area is 130 Å². The number of nitrogens with zero attached hydrogens (tertiary/aromatic N) is 1. The highest BCUT2D eigenvalue weighted by atomic mass is 32.2. The summed E-state index contributed by atoms with van der Waals surface area (Å²) in [7, 11) is -1.76. The lowest BCUT2D eigenvalue weighted by Gasteiger charge is -2.23. The second-order valence-electron chi connectivity index (χ2n) is 5.65. The number of aryl methyl sites for hydroxylation is 1. The molecule has 1 aliphatic rings. The Kier molecular flexibility index (Phi) is 5.25. The lowest BCUT2D eigenvalue weighted by atomic mass is 10.2. The summed E-state index contributed by atoms with van der Waals surface area (Å²) in [5, 5.41) is 8.84. The van der Waals surface area contributed by atoms with Crippen molar-refractivity contribution in [2.75, 3.05) is 20.1 Å². The van der Waals surface area contributed by atoms with Crippen LogP contribution in [0.15, 0.2) is 15.4 Å². The average Bonchev–Trinajstić information content (AvgIpc) is 3.07. The van der Waals surface area contributed by atoms with Gasteiger partial charge in [-0.2, -0.15) is 0 Å². The molecule has 0 unspecified atom stereocenters. The molecule has 0 atom stereocenters. The first-order chi connectivity index (χ1) is 10.3. The highest BCUT2D eigenvalue weighted by Gasteiger charge is 2.24. The minimum atomic E-state index is -3.76. The Bertz CT molecular complexity index is 632. The van der Waals surface area contributed by atoms with Crippen LogP contribution >= 0.6 is 0 Å². The van der Waals surface area contributed by atoms with Gasteiger partial charge in [0.15, 0.2) is 0 Å². The van der Waals surface area contributed by atoms with Crippen molar-refractivity contribution in [1.29, 1.82) is 0 Å². The van der Waals surface area contributed by atoms with Gasteiger partial charge in [0.25, 0.3) is 0 Å². The molecule has 2 rings (SSSR count). The number of carboxylic acids is 1. The maximum atomic E-state index is 12.2. The summed E-state index contributed by atoms with van der Waals surface area (Å²) in [6.07, 6.45) is 4.78. The molecule has 0 spiro atoms. The zero-order valence-corrected chi connectivity index (χ0v) is 13.6. The number of nitrogens with one attached hydrogen (secondary N) is 1. The van der Waals surface area contributed by atoms with Gasteiger partial charge in [-0.1, -0.05) is 12.8 Å². The number of sulfonamides is 1. The van der Waals surface area contributed by atoms with E-state index in [0.717, 1.165) is 18.9 Å². The molecule has 8 heteroatoms. The maximum Gasteiger partial charge on any atom is 0.371 e. The molecule has 0 saturated heterocycles. The van der Waals surface area contributed by atoms with Crippen LogP contribution in [0, 0.1) is 6.92 Å².